The standard InChI is InChI=1S/C15H20N4O/c1-3-7-13-14(19-16)17-10-18-15(13)20-11(2)12-8-5-4-6-9-12/h4-6,8-11H,3,7,16H2,1-2H3,(H,17,18,19). The van der Waals surface area contributed by atoms with E-state index in [0.29, 0.717) is 11.7 Å². The van der Waals surface area contributed by atoms with Gasteiger partial charge in [-0.15, -0.1) is 0 Å². The number of hydrogen-bond acceptors (Lipinski definition) is 5. The summed E-state index contributed by atoms with van der Waals surface area (Å²) in [5.41, 5.74) is 4.63. The molecule has 0 spiro atoms. The smallest absolute Gasteiger partial charge is 0.222 e. The second kappa shape index (κ2) is 6.86. The molecule has 0 aliphatic carbocycles. The summed E-state index contributed by atoms with van der Waals surface area (Å²) >= 11 is 0. The Hall–Kier alpha value is -2.14. The van der Waals surface area contributed by atoms with Gasteiger partial charge in [0.15, 0.2) is 0 Å². The monoisotopic (exact) mass is 272 g/mol. The Morgan fingerprint density at radius 2 is 2.00 bits per heavy atom. The fourth-order valence-electron chi connectivity index (χ4n) is 2.06. The number of nitrogen functional groups attached to an aromatic ring is 1. The van der Waals surface area contributed by atoms with Crippen LogP contribution >= 0.6 is 0 Å². The molecule has 0 bridgehead atoms. The minimum atomic E-state index is -0.0765. The van der Waals surface area contributed by atoms with Gasteiger partial charge in [-0.2, -0.15) is 0 Å². The van der Waals surface area contributed by atoms with Crippen LogP contribution in [0.25, 0.3) is 0 Å². The van der Waals surface area contributed by atoms with E-state index in [2.05, 4.69) is 22.3 Å². The Morgan fingerprint density at radius 1 is 1.25 bits per heavy atom. The third kappa shape index (κ3) is 3.24. The van der Waals surface area contributed by atoms with Crippen molar-refractivity contribution < 1.29 is 4.74 Å². The van der Waals surface area contributed by atoms with Gasteiger partial charge in [0.25, 0.3) is 0 Å². The molecule has 0 fully saturated rings. The lowest BCUT2D eigenvalue weighted by Crippen LogP contribution is -2.14. The van der Waals surface area contributed by atoms with Gasteiger partial charge in [-0.3, -0.25) is 0 Å². The average Bonchev–Trinajstić information content (AvgIpc) is 2.50. The minimum absolute atomic E-state index is 0.0765. The normalized spacial score (nSPS) is 11.9. The van der Waals surface area contributed by atoms with E-state index in [4.69, 9.17) is 10.6 Å². The first-order valence-electron chi connectivity index (χ1n) is 6.78. The molecule has 0 radical (unpaired) electrons. The first-order chi connectivity index (χ1) is 9.76. The summed E-state index contributed by atoms with van der Waals surface area (Å²) < 4.78 is 5.98. The maximum absolute atomic E-state index is 5.98. The average molecular weight is 272 g/mol. The van der Waals surface area contributed by atoms with Crippen molar-refractivity contribution in [2.45, 2.75) is 32.8 Å². The number of ether oxygens (including phenoxy) is 1. The maximum atomic E-state index is 5.98. The van der Waals surface area contributed by atoms with Crippen LogP contribution in [0.1, 0.15) is 37.5 Å². The SMILES string of the molecule is CCCc1c(NN)ncnc1OC(C)c1ccccc1. The molecule has 0 saturated carbocycles. The zero-order valence-electron chi connectivity index (χ0n) is 11.8. The Labute approximate surface area is 119 Å². The van der Waals surface area contributed by atoms with E-state index in [-0.39, 0.29) is 6.10 Å². The van der Waals surface area contributed by atoms with Crippen LogP contribution in [0.2, 0.25) is 0 Å². The van der Waals surface area contributed by atoms with Crippen molar-refractivity contribution >= 4 is 5.82 Å². The molecule has 0 saturated heterocycles. The van der Waals surface area contributed by atoms with Crippen LogP contribution in [0, 0.1) is 0 Å². The van der Waals surface area contributed by atoms with Crippen LogP contribution in [0.4, 0.5) is 5.82 Å². The number of nitrogens with one attached hydrogen (secondary N) is 1. The van der Waals surface area contributed by atoms with Crippen LogP contribution in [-0.4, -0.2) is 9.97 Å². The van der Waals surface area contributed by atoms with E-state index >= 15 is 0 Å². The third-order valence-corrected chi connectivity index (χ3v) is 3.10. The van der Waals surface area contributed by atoms with Gasteiger partial charge in [0.2, 0.25) is 5.88 Å². The molecule has 1 aromatic heterocycles. The van der Waals surface area contributed by atoms with Crippen LogP contribution in [-0.2, 0) is 6.42 Å². The lowest BCUT2D eigenvalue weighted by atomic mass is 10.1. The van der Waals surface area contributed by atoms with Crippen molar-refractivity contribution in [3.8, 4) is 5.88 Å². The number of benzene rings is 1. The fourth-order valence-corrected chi connectivity index (χ4v) is 2.06. The first kappa shape index (κ1) is 14.3. The zero-order chi connectivity index (χ0) is 14.4. The Kier molecular flexibility index (Phi) is 4.90. The van der Waals surface area contributed by atoms with Crippen molar-refractivity contribution in [3.05, 3.63) is 47.8 Å². The summed E-state index contributed by atoms with van der Waals surface area (Å²) in [6, 6.07) is 10.0. The molecule has 106 valence electrons. The molecule has 5 heteroatoms. The van der Waals surface area contributed by atoms with E-state index in [1.807, 2.05) is 37.3 Å². The Balaban J connectivity index is 2.24. The predicted octanol–water partition coefficient (Wildman–Crippen LogP) is 2.85. The lowest BCUT2D eigenvalue weighted by molar-refractivity contribution is 0.214. The predicted molar refractivity (Wildman–Crippen MR) is 79.3 cm³/mol. The molecular weight excluding hydrogens is 252 g/mol. The molecule has 5 nitrogen and oxygen atoms in total. The summed E-state index contributed by atoms with van der Waals surface area (Å²) in [5, 5.41) is 0. The molecule has 3 N–H and O–H groups in total. The molecule has 2 rings (SSSR count). The molecule has 1 aromatic carbocycles. The van der Waals surface area contributed by atoms with Gasteiger partial charge in [0.1, 0.15) is 18.2 Å². The van der Waals surface area contributed by atoms with Gasteiger partial charge in [0.05, 0.1) is 5.56 Å². The molecule has 1 atom stereocenters. The van der Waals surface area contributed by atoms with Gasteiger partial charge in [-0.25, -0.2) is 15.8 Å². The highest BCUT2D eigenvalue weighted by molar-refractivity contribution is 5.48. The molecule has 20 heavy (non-hydrogen) atoms. The summed E-state index contributed by atoms with van der Waals surface area (Å²) in [6.45, 7) is 4.10. The van der Waals surface area contributed by atoms with Crippen LogP contribution in [0.15, 0.2) is 36.7 Å². The van der Waals surface area contributed by atoms with Crippen molar-refractivity contribution in [3.63, 3.8) is 0 Å². The van der Waals surface area contributed by atoms with E-state index < -0.39 is 0 Å². The fraction of sp³-hybridized carbons (Fsp3) is 0.333. The number of nitrogens with two attached hydrogens (primary N) is 1. The van der Waals surface area contributed by atoms with Crippen LogP contribution in [0.3, 0.4) is 0 Å². The number of anilines is 1. The summed E-state index contributed by atoms with van der Waals surface area (Å²) in [5.74, 6) is 6.71. The molecule has 0 amide bonds. The number of nitrogens with zero attached hydrogens (tertiary/aromatic N) is 2. The molecule has 2 aromatic rings. The lowest BCUT2D eigenvalue weighted by Gasteiger charge is -2.17. The van der Waals surface area contributed by atoms with E-state index in [0.717, 1.165) is 24.0 Å². The van der Waals surface area contributed by atoms with Crippen molar-refractivity contribution in [1.29, 1.82) is 0 Å². The number of hydrogen-bond donors (Lipinski definition) is 2. The van der Waals surface area contributed by atoms with E-state index in [1.165, 1.54) is 6.33 Å². The van der Waals surface area contributed by atoms with E-state index in [1.54, 1.807) is 0 Å². The number of aromatic nitrogens is 2. The highest BCUT2D eigenvalue weighted by atomic mass is 16.5. The Morgan fingerprint density at radius 3 is 2.65 bits per heavy atom. The molecular formula is C15H20N4O. The highest BCUT2D eigenvalue weighted by Gasteiger charge is 2.15. The summed E-state index contributed by atoms with van der Waals surface area (Å²) in [6.07, 6.45) is 3.17. The maximum Gasteiger partial charge on any atom is 0.222 e. The van der Waals surface area contributed by atoms with Gasteiger partial charge >= 0.3 is 0 Å². The zero-order valence-corrected chi connectivity index (χ0v) is 11.8. The summed E-state index contributed by atoms with van der Waals surface area (Å²) in [4.78, 5) is 8.37. The summed E-state index contributed by atoms with van der Waals surface area (Å²) in [7, 11) is 0. The highest BCUT2D eigenvalue weighted by Crippen LogP contribution is 2.27. The quantitative estimate of drug-likeness (QED) is 0.625. The molecule has 0 aliphatic heterocycles. The number of rotatable bonds is 6. The molecule has 1 unspecified atom stereocenters. The van der Waals surface area contributed by atoms with Gasteiger partial charge < -0.3 is 10.2 Å². The third-order valence-electron chi connectivity index (χ3n) is 3.10. The van der Waals surface area contributed by atoms with E-state index in [9.17, 15) is 0 Å². The minimum Gasteiger partial charge on any atom is -0.469 e. The van der Waals surface area contributed by atoms with Gasteiger partial charge in [-0.05, 0) is 18.9 Å². The van der Waals surface area contributed by atoms with Crippen molar-refractivity contribution in [1.82, 2.24) is 9.97 Å². The largest absolute Gasteiger partial charge is 0.469 e. The van der Waals surface area contributed by atoms with Crippen molar-refractivity contribution in [2.75, 3.05) is 5.43 Å². The Bertz CT molecular complexity index is 545. The molecule has 1 heterocycles. The van der Waals surface area contributed by atoms with Gasteiger partial charge in [-0.1, -0.05) is 43.7 Å². The van der Waals surface area contributed by atoms with Gasteiger partial charge in [0, 0.05) is 0 Å². The second-order valence-electron chi connectivity index (χ2n) is 4.57. The van der Waals surface area contributed by atoms with Crippen molar-refractivity contribution in [2.24, 2.45) is 5.84 Å². The van der Waals surface area contributed by atoms with Crippen LogP contribution in [0.5, 0.6) is 5.88 Å². The second-order valence-corrected chi connectivity index (χ2v) is 4.57. The topological polar surface area (TPSA) is 73.1 Å². The first-order valence-corrected chi connectivity index (χ1v) is 6.78. The number of hydrazine groups is 1. The molecule has 0 aliphatic rings. The van der Waals surface area contributed by atoms with Crippen LogP contribution < -0.4 is 16.0 Å².